The smallest absolute Gasteiger partial charge is 0.336 e. The standard InChI is InChI=1S/C13H20F3N3S/c1-3-4-10-11(7-17-2)20-12(18-10)19(9-5-6-9)8-13(14,15)16/h9,17H,3-8H2,1-2H3. The molecule has 0 saturated heterocycles. The van der Waals surface area contributed by atoms with E-state index in [2.05, 4.69) is 17.2 Å². The van der Waals surface area contributed by atoms with E-state index in [0.29, 0.717) is 11.7 Å². The fourth-order valence-corrected chi connectivity index (χ4v) is 3.34. The zero-order chi connectivity index (χ0) is 14.8. The molecule has 3 nitrogen and oxygen atoms in total. The number of halogens is 3. The fraction of sp³-hybridized carbons (Fsp3) is 0.769. The quantitative estimate of drug-likeness (QED) is 0.837. The van der Waals surface area contributed by atoms with Gasteiger partial charge in [-0.1, -0.05) is 13.3 Å². The van der Waals surface area contributed by atoms with Crippen LogP contribution in [0.1, 0.15) is 36.8 Å². The van der Waals surface area contributed by atoms with Crippen LogP contribution in [0.25, 0.3) is 0 Å². The number of hydrogen-bond donors (Lipinski definition) is 1. The molecule has 2 rings (SSSR count). The van der Waals surface area contributed by atoms with E-state index in [1.54, 1.807) is 0 Å². The summed E-state index contributed by atoms with van der Waals surface area (Å²) < 4.78 is 38.1. The van der Waals surface area contributed by atoms with Crippen LogP contribution < -0.4 is 10.2 Å². The van der Waals surface area contributed by atoms with Gasteiger partial charge in [0.1, 0.15) is 6.54 Å². The molecule has 1 saturated carbocycles. The lowest BCUT2D eigenvalue weighted by molar-refractivity contribution is -0.120. The van der Waals surface area contributed by atoms with Crippen LogP contribution in [0.3, 0.4) is 0 Å². The van der Waals surface area contributed by atoms with Gasteiger partial charge in [0.05, 0.1) is 5.69 Å². The lowest BCUT2D eigenvalue weighted by Gasteiger charge is -2.22. The van der Waals surface area contributed by atoms with Crippen molar-refractivity contribution >= 4 is 16.5 Å². The topological polar surface area (TPSA) is 28.2 Å². The second-order valence-corrected chi connectivity index (χ2v) is 6.18. The summed E-state index contributed by atoms with van der Waals surface area (Å²) in [7, 11) is 1.84. The first-order valence-electron chi connectivity index (χ1n) is 6.91. The summed E-state index contributed by atoms with van der Waals surface area (Å²) in [5.74, 6) is 0. The van der Waals surface area contributed by atoms with Crippen LogP contribution in [0, 0.1) is 0 Å². The van der Waals surface area contributed by atoms with Gasteiger partial charge in [-0.2, -0.15) is 13.2 Å². The van der Waals surface area contributed by atoms with E-state index in [1.807, 2.05) is 7.05 Å². The third-order valence-corrected chi connectivity index (χ3v) is 4.31. The Bertz CT molecular complexity index is 417. The Kier molecular flexibility index (Phi) is 4.90. The number of hydrogen-bond acceptors (Lipinski definition) is 4. The van der Waals surface area contributed by atoms with Crippen molar-refractivity contribution in [3.63, 3.8) is 0 Å². The summed E-state index contributed by atoms with van der Waals surface area (Å²) in [5.41, 5.74) is 0.940. The van der Waals surface area contributed by atoms with Crippen LogP contribution in [-0.4, -0.2) is 30.8 Å². The monoisotopic (exact) mass is 307 g/mol. The Morgan fingerprint density at radius 2 is 2.10 bits per heavy atom. The number of nitrogens with one attached hydrogen (secondary N) is 1. The van der Waals surface area contributed by atoms with Gasteiger partial charge in [-0.15, -0.1) is 11.3 Å². The van der Waals surface area contributed by atoms with Gasteiger partial charge in [0.2, 0.25) is 0 Å². The van der Waals surface area contributed by atoms with Crippen LogP contribution in [0.2, 0.25) is 0 Å². The van der Waals surface area contributed by atoms with E-state index in [9.17, 15) is 13.2 Å². The Hall–Kier alpha value is -0.820. The Labute approximate surface area is 121 Å². The molecular weight excluding hydrogens is 287 g/mol. The van der Waals surface area contributed by atoms with E-state index in [4.69, 9.17) is 0 Å². The molecule has 20 heavy (non-hydrogen) atoms. The lowest BCUT2D eigenvalue weighted by Crippen LogP contribution is -2.35. The summed E-state index contributed by atoms with van der Waals surface area (Å²) >= 11 is 1.39. The van der Waals surface area contributed by atoms with E-state index in [0.717, 1.165) is 36.3 Å². The molecule has 0 spiro atoms. The Morgan fingerprint density at radius 3 is 2.60 bits per heavy atom. The van der Waals surface area contributed by atoms with Gasteiger partial charge in [-0.05, 0) is 26.3 Å². The van der Waals surface area contributed by atoms with E-state index in [-0.39, 0.29) is 6.04 Å². The first-order valence-corrected chi connectivity index (χ1v) is 7.72. The molecule has 0 radical (unpaired) electrons. The minimum absolute atomic E-state index is 0.0136. The molecule has 0 amide bonds. The van der Waals surface area contributed by atoms with Crippen LogP contribution in [0.5, 0.6) is 0 Å². The highest BCUT2D eigenvalue weighted by molar-refractivity contribution is 7.15. The number of nitrogens with zero attached hydrogens (tertiary/aromatic N) is 2. The molecule has 1 aromatic heterocycles. The van der Waals surface area contributed by atoms with Gasteiger partial charge in [-0.25, -0.2) is 4.98 Å². The second-order valence-electron chi connectivity index (χ2n) is 5.12. The van der Waals surface area contributed by atoms with Crippen molar-refractivity contribution < 1.29 is 13.2 Å². The van der Waals surface area contributed by atoms with Crippen LogP contribution in [0.15, 0.2) is 0 Å². The van der Waals surface area contributed by atoms with Gasteiger partial charge in [-0.3, -0.25) is 0 Å². The molecule has 0 aliphatic heterocycles. The number of alkyl halides is 3. The maximum atomic E-state index is 12.7. The van der Waals surface area contributed by atoms with Crippen LogP contribution >= 0.6 is 11.3 Å². The first-order chi connectivity index (χ1) is 9.44. The van der Waals surface area contributed by atoms with Gasteiger partial charge in [0.15, 0.2) is 5.13 Å². The number of anilines is 1. The van der Waals surface area contributed by atoms with Crippen molar-refractivity contribution in [3.8, 4) is 0 Å². The van der Waals surface area contributed by atoms with E-state index < -0.39 is 12.7 Å². The van der Waals surface area contributed by atoms with Crippen molar-refractivity contribution in [1.82, 2.24) is 10.3 Å². The zero-order valence-electron chi connectivity index (χ0n) is 11.8. The molecular formula is C13H20F3N3S. The summed E-state index contributed by atoms with van der Waals surface area (Å²) in [6.45, 7) is 1.82. The number of aromatic nitrogens is 1. The molecule has 1 aromatic rings. The molecule has 0 atom stereocenters. The van der Waals surface area contributed by atoms with E-state index in [1.165, 1.54) is 16.2 Å². The fourth-order valence-electron chi connectivity index (χ4n) is 2.16. The molecule has 0 unspecified atom stereocenters. The Balaban J connectivity index is 2.21. The van der Waals surface area contributed by atoms with Gasteiger partial charge in [0, 0.05) is 17.5 Å². The van der Waals surface area contributed by atoms with E-state index >= 15 is 0 Å². The molecule has 0 bridgehead atoms. The highest BCUT2D eigenvalue weighted by atomic mass is 32.1. The molecule has 1 aliphatic carbocycles. The SMILES string of the molecule is CCCc1nc(N(CC(F)(F)F)C2CC2)sc1CNC. The maximum Gasteiger partial charge on any atom is 0.406 e. The highest BCUT2D eigenvalue weighted by Crippen LogP contribution is 2.37. The molecule has 7 heteroatoms. The van der Waals surface area contributed by atoms with Crippen LogP contribution in [0.4, 0.5) is 18.3 Å². The normalized spacial score (nSPS) is 15.7. The molecule has 1 N–H and O–H groups in total. The predicted octanol–water partition coefficient (Wildman–Crippen LogP) is 3.35. The second kappa shape index (κ2) is 6.30. The Morgan fingerprint density at radius 1 is 1.40 bits per heavy atom. The number of aryl methyl sites for hydroxylation is 1. The molecule has 1 fully saturated rings. The van der Waals surface area contributed by atoms with Crippen molar-refractivity contribution in [3.05, 3.63) is 10.6 Å². The van der Waals surface area contributed by atoms with Crippen molar-refractivity contribution in [2.45, 2.75) is 51.4 Å². The number of rotatable bonds is 7. The van der Waals surface area contributed by atoms with Crippen LogP contribution in [-0.2, 0) is 13.0 Å². The van der Waals surface area contributed by atoms with Crippen molar-refractivity contribution in [2.24, 2.45) is 0 Å². The minimum atomic E-state index is -4.18. The molecule has 1 heterocycles. The average Bonchev–Trinajstić information content (AvgIpc) is 3.11. The van der Waals surface area contributed by atoms with Crippen molar-refractivity contribution in [1.29, 1.82) is 0 Å². The maximum absolute atomic E-state index is 12.7. The number of thiazole rings is 1. The van der Waals surface area contributed by atoms with Gasteiger partial charge in [0.25, 0.3) is 0 Å². The van der Waals surface area contributed by atoms with Crippen molar-refractivity contribution in [2.75, 3.05) is 18.5 Å². The molecule has 1 aliphatic rings. The summed E-state index contributed by atoms with van der Waals surface area (Å²) in [4.78, 5) is 6.96. The minimum Gasteiger partial charge on any atom is -0.336 e. The summed E-state index contributed by atoms with van der Waals surface area (Å²) in [6.07, 6.45) is -0.747. The zero-order valence-corrected chi connectivity index (χ0v) is 12.6. The largest absolute Gasteiger partial charge is 0.406 e. The molecule has 114 valence electrons. The third kappa shape index (κ3) is 4.09. The van der Waals surface area contributed by atoms with Gasteiger partial charge < -0.3 is 10.2 Å². The first kappa shape index (κ1) is 15.6. The lowest BCUT2D eigenvalue weighted by atomic mass is 10.2. The highest BCUT2D eigenvalue weighted by Gasteiger charge is 2.39. The van der Waals surface area contributed by atoms with Gasteiger partial charge >= 0.3 is 6.18 Å². The third-order valence-electron chi connectivity index (χ3n) is 3.17. The average molecular weight is 307 g/mol. The summed E-state index contributed by atoms with van der Waals surface area (Å²) in [5, 5.41) is 3.58. The predicted molar refractivity (Wildman–Crippen MR) is 75.3 cm³/mol. The molecule has 0 aromatic carbocycles. The summed E-state index contributed by atoms with van der Waals surface area (Å²) in [6, 6.07) is 0.0136.